The lowest BCUT2D eigenvalue weighted by Gasteiger charge is -2.08. The zero-order valence-electron chi connectivity index (χ0n) is 12.9. The Morgan fingerprint density at radius 2 is 2.19 bits per heavy atom. The molecule has 0 spiro atoms. The van der Waals surface area contributed by atoms with Crippen LogP contribution >= 0.6 is 0 Å². The fraction of sp³-hybridized carbons (Fsp3) is 0.467. The number of carbonyl (C=O) groups is 1. The fourth-order valence-corrected chi connectivity index (χ4v) is 1.63. The molecule has 2 rings (SSSR count). The molecule has 0 fully saturated rings. The molecular formula is C15H22N2O4. The van der Waals surface area contributed by atoms with E-state index in [1.807, 2.05) is 13.8 Å². The third-order valence-electron chi connectivity index (χ3n) is 2.48. The van der Waals surface area contributed by atoms with Gasteiger partial charge in [-0.15, -0.1) is 0 Å². The van der Waals surface area contributed by atoms with Crippen molar-refractivity contribution in [1.82, 2.24) is 9.61 Å². The lowest BCUT2D eigenvalue weighted by atomic mass is 10.2. The van der Waals surface area contributed by atoms with Gasteiger partial charge in [0, 0.05) is 12.3 Å². The first-order valence-corrected chi connectivity index (χ1v) is 7.07. The van der Waals surface area contributed by atoms with Crippen LogP contribution in [0.1, 0.15) is 38.1 Å². The number of nitrogens with zero attached hydrogens (tertiary/aromatic N) is 2. The first-order valence-electron chi connectivity index (χ1n) is 7.07. The van der Waals surface area contributed by atoms with Gasteiger partial charge in [-0.1, -0.05) is 13.8 Å². The predicted octanol–water partition coefficient (Wildman–Crippen LogP) is 2.30. The van der Waals surface area contributed by atoms with Crippen molar-refractivity contribution < 1.29 is 19.4 Å². The number of pyridine rings is 1. The fourth-order valence-electron chi connectivity index (χ4n) is 1.63. The van der Waals surface area contributed by atoms with Crippen LogP contribution in [-0.4, -0.2) is 40.0 Å². The van der Waals surface area contributed by atoms with E-state index in [0.717, 1.165) is 0 Å². The normalized spacial score (nSPS) is 11.5. The number of fused-ring (bicyclic) bond motifs is 1. The molecule has 0 radical (unpaired) electrons. The van der Waals surface area contributed by atoms with Crippen molar-refractivity contribution in [2.75, 3.05) is 13.2 Å². The SMILES string of the molecule is CC.CCOC(=O)c1cnn2ccc(OCC(C)O)cc12. The van der Waals surface area contributed by atoms with Crippen LogP contribution in [0.2, 0.25) is 0 Å². The van der Waals surface area contributed by atoms with Crippen molar-refractivity contribution in [2.24, 2.45) is 0 Å². The van der Waals surface area contributed by atoms with Gasteiger partial charge in [-0.3, -0.25) is 0 Å². The highest BCUT2D eigenvalue weighted by Crippen LogP contribution is 2.18. The highest BCUT2D eigenvalue weighted by molar-refractivity contribution is 5.96. The maximum Gasteiger partial charge on any atom is 0.341 e. The zero-order chi connectivity index (χ0) is 15.8. The standard InChI is InChI=1S/C13H16N2O4.C2H6/c1-3-18-13(17)11-7-14-15-5-4-10(6-12(11)15)19-8-9(2)16;1-2/h4-7,9,16H,3,8H2,1-2H3;1-2H3. The van der Waals surface area contributed by atoms with Gasteiger partial charge in [0.1, 0.15) is 17.9 Å². The van der Waals surface area contributed by atoms with Crippen LogP contribution < -0.4 is 4.74 Å². The van der Waals surface area contributed by atoms with E-state index >= 15 is 0 Å². The third-order valence-corrected chi connectivity index (χ3v) is 2.48. The first-order chi connectivity index (χ1) is 10.1. The summed E-state index contributed by atoms with van der Waals surface area (Å²) < 4.78 is 11.9. The molecule has 1 N–H and O–H groups in total. The smallest absolute Gasteiger partial charge is 0.341 e. The van der Waals surface area contributed by atoms with Crippen LogP contribution in [0.4, 0.5) is 0 Å². The minimum Gasteiger partial charge on any atom is -0.491 e. The lowest BCUT2D eigenvalue weighted by Crippen LogP contribution is -2.12. The quantitative estimate of drug-likeness (QED) is 0.857. The van der Waals surface area contributed by atoms with Gasteiger partial charge < -0.3 is 14.6 Å². The van der Waals surface area contributed by atoms with Crippen LogP contribution in [0.15, 0.2) is 24.5 Å². The predicted molar refractivity (Wildman–Crippen MR) is 79.7 cm³/mol. The second-order valence-electron chi connectivity index (χ2n) is 4.13. The number of aliphatic hydroxyl groups is 1. The highest BCUT2D eigenvalue weighted by atomic mass is 16.5. The second kappa shape index (κ2) is 8.26. The maximum absolute atomic E-state index is 11.7. The molecule has 0 aliphatic carbocycles. The number of ether oxygens (including phenoxy) is 2. The highest BCUT2D eigenvalue weighted by Gasteiger charge is 2.14. The van der Waals surface area contributed by atoms with Gasteiger partial charge in [0.2, 0.25) is 0 Å². The van der Waals surface area contributed by atoms with Crippen LogP contribution in [0.25, 0.3) is 5.52 Å². The van der Waals surface area contributed by atoms with E-state index in [1.54, 1.807) is 36.7 Å². The van der Waals surface area contributed by atoms with Crippen molar-refractivity contribution in [2.45, 2.75) is 33.8 Å². The number of hydrogen-bond donors (Lipinski definition) is 1. The van der Waals surface area contributed by atoms with Crippen molar-refractivity contribution in [1.29, 1.82) is 0 Å². The van der Waals surface area contributed by atoms with Gasteiger partial charge in [0.05, 0.1) is 24.4 Å². The molecule has 0 amide bonds. The Morgan fingerprint density at radius 3 is 2.81 bits per heavy atom. The molecule has 2 heterocycles. The van der Waals surface area contributed by atoms with Crippen LogP contribution in [0.5, 0.6) is 5.75 Å². The largest absolute Gasteiger partial charge is 0.491 e. The second-order valence-corrected chi connectivity index (χ2v) is 4.13. The van der Waals surface area contributed by atoms with E-state index in [0.29, 0.717) is 23.4 Å². The Balaban J connectivity index is 0.00000106. The van der Waals surface area contributed by atoms with Crippen LogP contribution in [0.3, 0.4) is 0 Å². The maximum atomic E-state index is 11.7. The molecule has 0 aliphatic heterocycles. The van der Waals surface area contributed by atoms with E-state index in [4.69, 9.17) is 9.47 Å². The molecular weight excluding hydrogens is 272 g/mol. The zero-order valence-corrected chi connectivity index (χ0v) is 12.9. The van der Waals surface area contributed by atoms with Gasteiger partial charge in [0.15, 0.2) is 0 Å². The van der Waals surface area contributed by atoms with Gasteiger partial charge in [-0.05, 0) is 19.9 Å². The molecule has 0 saturated carbocycles. The molecule has 6 heteroatoms. The summed E-state index contributed by atoms with van der Waals surface area (Å²) in [6.45, 7) is 7.90. The minimum atomic E-state index is -0.550. The monoisotopic (exact) mass is 294 g/mol. The van der Waals surface area contributed by atoms with Crippen molar-refractivity contribution >= 4 is 11.5 Å². The number of aliphatic hydroxyl groups excluding tert-OH is 1. The summed E-state index contributed by atoms with van der Waals surface area (Å²) in [6.07, 6.45) is 2.60. The molecule has 0 saturated heterocycles. The Labute approximate surface area is 124 Å². The molecule has 2 aromatic rings. The summed E-state index contributed by atoms with van der Waals surface area (Å²) in [4.78, 5) is 11.7. The van der Waals surface area contributed by atoms with Crippen LogP contribution in [-0.2, 0) is 4.74 Å². The third kappa shape index (κ3) is 4.46. The molecule has 21 heavy (non-hydrogen) atoms. The van der Waals surface area contributed by atoms with E-state index in [-0.39, 0.29) is 6.61 Å². The summed E-state index contributed by atoms with van der Waals surface area (Å²) in [7, 11) is 0. The number of hydrogen-bond acceptors (Lipinski definition) is 5. The van der Waals surface area contributed by atoms with Gasteiger partial charge in [-0.25, -0.2) is 9.31 Å². The summed E-state index contributed by atoms with van der Waals surface area (Å²) in [5, 5.41) is 13.3. The molecule has 1 atom stereocenters. The van der Waals surface area contributed by atoms with Crippen molar-refractivity contribution in [3.8, 4) is 5.75 Å². The molecule has 6 nitrogen and oxygen atoms in total. The van der Waals surface area contributed by atoms with Gasteiger partial charge >= 0.3 is 5.97 Å². The van der Waals surface area contributed by atoms with Crippen LogP contribution in [0, 0.1) is 0 Å². The average Bonchev–Trinajstić information content (AvgIpc) is 2.90. The van der Waals surface area contributed by atoms with E-state index < -0.39 is 12.1 Å². The van der Waals surface area contributed by atoms with Gasteiger partial charge in [-0.2, -0.15) is 5.10 Å². The molecule has 2 aromatic heterocycles. The molecule has 0 bridgehead atoms. The molecule has 116 valence electrons. The Morgan fingerprint density at radius 1 is 1.48 bits per heavy atom. The Bertz CT molecular complexity index is 578. The summed E-state index contributed by atoms with van der Waals surface area (Å²) in [5.74, 6) is 0.157. The molecule has 1 unspecified atom stereocenters. The van der Waals surface area contributed by atoms with Crippen molar-refractivity contribution in [3.05, 3.63) is 30.1 Å². The average molecular weight is 294 g/mol. The summed E-state index contributed by atoms with van der Waals surface area (Å²) in [6, 6.07) is 3.42. The number of carbonyl (C=O) groups excluding carboxylic acids is 1. The minimum absolute atomic E-state index is 0.194. The topological polar surface area (TPSA) is 73.1 Å². The summed E-state index contributed by atoms with van der Waals surface area (Å²) >= 11 is 0. The summed E-state index contributed by atoms with van der Waals surface area (Å²) in [5.41, 5.74) is 1.01. The number of aromatic nitrogens is 2. The Hall–Kier alpha value is -2.08. The lowest BCUT2D eigenvalue weighted by molar-refractivity contribution is 0.0528. The van der Waals surface area contributed by atoms with Crippen molar-refractivity contribution in [3.63, 3.8) is 0 Å². The van der Waals surface area contributed by atoms with Gasteiger partial charge in [0.25, 0.3) is 0 Å². The molecule has 0 aliphatic rings. The number of rotatable bonds is 5. The first kappa shape index (κ1) is 17.0. The molecule has 0 aromatic carbocycles. The number of esters is 1. The van der Waals surface area contributed by atoms with E-state index in [9.17, 15) is 9.90 Å². The van der Waals surface area contributed by atoms with E-state index in [1.165, 1.54) is 6.20 Å². The van der Waals surface area contributed by atoms with E-state index in [2.05, 4.69) is 5.10 Å². The Kier molecular flexibility index (Phi) is 6.68.